The second-order valence-corrected chi connectivity index (χ2v) is 3.65. The molecule has 0 aliphatic heterocycles. The number of hydrogen-bond acceptors (Lipinski definition) is 3. The molecule has 1 aromatic heterocycles. The third-order valence-corrected chi connectivity index (χ3v) is 2.43. The number of nitrogens with one attached hydrogen (secondary N) is 1. The number of aromatic nitrogens is 2. The Balaban J connectivity index is 2.62. The van der Waals surface area contributed by atoms with Gasteiger partial charge >= 0.3 is 0 Å². The molecule has 15 heavy (non-hydrogen) atoms. The second-order valence-electron chi connectivity index (χ2n) is 3.65. The number of aryl methyl sites for hydroxylation is 1. The third kappa shape index (κ3) is 2.79. The SMILES string of the molecule is CCCC(N)C(=O)Nc1cnn(C)c1C. The summed E-state index contributed by atoms with van der Waals surface area (Å²) in [6, 6.07) is -0.436. The zero-order valence-corrected chi connectivity index (χ0v) is 9.45. The van der Waals surface area contributed by atoms with Gasteiger partial charge in [-0.1, -0.05) is 13.3 Å². The maximum Gasteiger partial charge on any atom is 0.241 e. The van der Waals surface area contributed by atoms with Gasteiger partial charge in [-0.25, -0.2) is 0 Å². The summed E-state index contributed by atoms with van der Waals surface area (Å²) in [5, 5.41) is 6.80. The lowest BCUT2D eigenvalue weighted by Gasteiger charge is -2.10. The van der Waals surface area contributed by atoms with Crippen molar-refractivity contribution in [1.29, 1.82) is 0 Å². The Morgan fingerprint density at radius 2 is 2.40 bits per heavy atom. The van der Waals surface area contributed by atoms with Crippen molar-refractivity contribution in [2.24, 2.45) is 12.8 Å². The maximum atomic E-state index is 11.6. The van der Waals surface area contributed by atoms with Gasteiger partial charge in [-0.15, -0.1) is 0 Å². The second kappa shape index (κ2) is 4.93. The molecule has 0 aliphatic carbocycles. The number of carbonyl (C=O) groups is 1. The Morgan fingerprint density at radius 1 is 1.73 bits per heavy atom. The topological polar surface area (TPSA) is 72.9 Å². The molecule has 84 valence electrons. The molecule has 1 amide bonds. The molecule has 5 heteroatoms. The van der Waals surface area contributed by atoms with Crippen LogP contribution in [0.25, 0.3) is 0 Å². The first kappa shape index (κ1) is 11.7. The number of amides is 1. The standard InChI is InChI=1S/C10H18N4O/c1-4-5-8(11)10(15)13-9-6-12-14(3)7(9)2/h6,8H,4-5,11H2,1-3H3,(H,13,15). The smallest absolute Gasteiger partial charge is 0.241 e. The zero-order valence-electron chi connectivity index (χ0n) is 9.45. The largest absolute Gasteiger partial charge is 0.322 e. The minimum absolute atomic E-state index is 0.145. The molecule has 0 radical (unpaired) electrons. The molecule has 0 saturated heterocycles. The first-order valence-corrected chi connectivity index (χ1v) is 5.11. The maximum absolute atomic E-state index is 11.6. The van der Waals surface area contributed by atoms with E-state index in [1.807, 2.05) is 20.9 Å². The molecule has 0 fully saturated rings. The summed E-state index contributed by atoms with van der Waals surface area (Å²) >= 11 is 0. The molecule has 0 bridgehead atoms. The molecule has 1 unspecified atom stereocenters. The molecule has 1 rings (SSSR count). The van der Waals surface area contributed by atoms with Crippen molar-refractivity contribution in [2.75, 3.05) is 5.32 Å². The summed E-state index contributed by atoms with van der Waals surface area (Å²) in [4.78, 5) is 11.6. The summed E-state index contributed by atoms with van der Waals surface area (Å²) in [6.07, 6.45) is 3.23. The predicted octanol–water partition coefficient (Wildman–Crippen LogP) is 0.794. The van der Waals surface area contributed by atoms with Crippen LogP contribution in [0.2, 0.25) is 0 Å². The van der Waals surface area contributed by atoms with Crippen LogP contribution < -0.4 is 11.1 Å². The Hall–Kier alpha value is -1.36. The van der Waals surface area contributed by atoms with Gasteiger partial charge in [0.2, 0.25) is 5.91 Å². The molecule has 5 nitrogen and oxygen atoms in total. The van der Waals surface area contributed by atoms with Crippen molar-refractivity contribution >= 4 is 11.6 Å². The fourth-order valence-corrected chi connectivity index (χ4v) is 1.29. The van der Waals surface area contributed by atoms with E-state index >= 15 is 0 Å². The minimum Gasteiger partial charge on any atom is -0.322 e. The van der Waals surface area contributed by atoms with E-state index in [4.69, 9.17) is 5.73 Å². The number of nitrogens with zero attached hydrogens (tertiary/aromatic N) is 2. The molecule has 0 aliphatic rings. The molecular formula is C10H18N4O. The fourth-order valence-electron chi connectivity index (χ4n) is 1.29. The molecule has 1 heterocycles. The molecule has 3 N–H and O–H groups in total. The quantitative estimate of drug-likeness (QED) is 0.771. The predicted molar refractivity (Wildman–Crippen MR) is 59.5 cm³/mol. The van der Waals surface area contributed by atoms with E-state index in [9.17, 15) is 4.79 Å². The van der Waals surface area contributed by atoms with Crippen molar-refractivity contribution < 1.29 is 4.79 Å². The monoisotopic (exact) mass is 210 g/mol. The van der Waals surface area contributed by atoms with Crippen LogP contribution in [0.15, 0.2) is 6.20 Å². The third-order valence-electron chi connectivity index (χ3n) is 2.43. The Morgan fingerprint density at radius 3 is 2.87 bits per heavy atom. The van der Waals surface area contributed by atoms with Gasteiger partial charge in [-0.2, -0.15) is 5.10 Å². The summed E-state index contributed by atoms with van der Waals surface area (Å²) in [6.45, 7) is 3.90. The normalized spacial score (nSPS) is 12.5. The molecule has 1 atom stereocenters. The summed E-state index contributed by atoms with van der Waals surface area (Å²) in [5.74, 6) is -0.145. The van der Waals surface area contributed by atoms with Crippen LogP contribution in [0.5, 0.6) is 0 Å². The highest BCUT2D eigenvalue weighted by molar-refractivity contribution is 5.94. The van der Waals surface area contributed by atoms with Gasteiger partial charge in [-0.3, -0.25) is 9.48 Å². The van der Waals surface area contributed by atoms with E-state index in [1.165, 1.54) is 0 Å². The highest BCUT2D eigenvalue weighted by Gasteiger charge is 2.14. The Kier molecular flexibility index (Phi) is 3.85. The first-order valence-electron chi connectivity index (χ1n) is 5.11. The van der Waals surface area contributed by atoms with Crippen LogP contribution in [0.4, 0.5) is 5.69 Å². The molecule has 0 aromatic carbocycles. The number of carbonyl (C=O) groups excluding carboxylic acids is 1. The number of anilines is 1. The number of nitrogens with two attached hydrogens (primary N) is 1. The van der Waals surface area contributed by atoms with E-state index < -0.39 is 6.04 Å². The van der Waals surface area contributed by atoms with Gasteiger partial charge in [0.05, 0.1) is 23.6 Å². The number of rotatable bonds is 4. The van der Waals surface area contributed by atoms with Crippen molar-refractivity contribution in [3.05, 3.63) is 11.9 Å². The number of hydrogen-bond donors (Lipinski definition) is 2. The first-order chi connectivity index (χ1) is 7.06. The zero-order chi connectivity index (χ0) is 11.4. The lowest BCUT2D eigenvalue weighted by atomic mass is 10.1. The molecular weight excluding hydrogens is 192 g/mol. The van der Waals surface area contributed by atoms with Crippen molar-refractivity contribution in [3.8, 4) is 0 Å². The summed E-state index contributed by atoms with van der Waals surface area (Å²) in [5.41, 5.74) is 7.35. The van der Waals surface area contributed by atoms with Gasteiger partial charge in [0.15, 0.2) is 0 Å². The van der Waals surface area contributed by atoms with Crippen LogP contribution in [0.1, 0.15) is 25.5 Å². The fraction of sp³-hybridized carbons (Fsp3) is 0.600. The highest BCUT2D eigenvalue weighted by atomic mass is 16.2. The van der Waals surface area contributed by atoms with E-state index in [-0.39, 0.29) is 5.91 Å². The molecule has 1 aromatic rings. The Bertz CT molecular complexity index is 345. The summed E-state index contributed by atoms with van der Waals surface area (Å²) < 4.78 is 1.71. The van der Waals surface area contributed by atoms with E-state index in [2.05, 4.69) is 10.4 Å². The van der Waals surface area contributed by atoms with Crippen LogP contribution in [-0.4, -0.2) is 21.7 Å². The van der Waals surface area contributed by atoms with Crippen molar-refractivity contribution in [2.45, 2.75) is 32.7 Å². The van der Waals surface area contributed by atoms with Crippen LogP contribution in [-0.2, 0) is 11.8 Å². The van der Waals surface area contributed by atoms with Crippen molar-refractivity contribution in [1.82, 2.24) is 9.78 Å². The molecule has 0 saturated carbocycles. The lowest BCUT2D eigenvalue weighted by Crippen LogP contribution is -2.35. The van der Waals surface area contributed by atoms with Gasteiger partial charge in [0.25, 0.3) is 0 Å². The average Bonchev–Trinajstić information content (AvgIpc) is 2.50. The van der Waals surface area contributed by atoms with E-state index in [1.54, 1.807) is 10.9 Å². The van der Waals surface area contributed by atoms with Crippen LogP contribution >= 0.6 is 0 Å². The lowest BCUT2D eigenvalue weighted by molar-refractivity contribution is -0.117. The highest BCUT2D eigenvalue weighted by Crippen LogP contribution is 2.12. The summed E-state index contributed by atoms with van der Waals surface area (Å²) in [7, 11) is 1.83. The van der Waals surface area contributed by atoms with Crippen LogP contribution in [0, 0.1) is 6.92 Å². The van der Waals surface area contributed by atoms with Gasteiger partial charge in [-0.05, 0) is 13.3 Å². The molecule has 0 spiro atoms. The van der Waals surface area contributed by atoms with Crippen LogP contribution in [0.3, 0.4) is 0 Å². The van der Waals surface area contributed by atoms with Crippen molar-refractivity contribution in [3.63, 3.8) is 0 Å². The van der Waals surface area contributed by atoms with Gasteiger partial charge in [0.1, 0.15) is 0 Å². The van der Waals surface area contributed by atoms with E-state index in [0.29, 0.717) is 6.42 Å². The average molecular weight is 210 g/mol. The minimum atomic E-state index is -0.436. The Labute approximate surface area is 89.6 Å². The van der Waals surface area contributed by atoms with E-state index in [0.717, 1.165) is 17.8 Å². The van der Waals surface area contributed by atoms with Gasteiger partial charge < -0.3 is 11.1 Å². The van der Waals surface area contributed by atoms with Gasteiger partial charge in [0, 0.05) is 7.05 Å².